The monoisotopic (exact) mass is 537 g/mol. The van der Waals surface area contributed by atoms with Crippen molar-refractivity contribution in [3.05, 3.63) is 12.2 Å². The van der Waals surface area contributed by atoms with Crippen molar-refractivity contribution in [1.29, 1.82) is 0 Å². The van der Waals surface area contributed by atoms with E-state index in [1.165, 1.54) is 109 Å². The molecule has 0 fully saturated rings. The van der Waals surface area contributed by atoms with Gasteiger partial charge in [-0.25, -0.2) is 4.79 Å². The van der Waals surface area contributed by atoms with Crippen LogP contribution in [-0.4, -0.2) is 36.2 Å². The average Bonchev–Trinajstić information content (AvgIpc) is 2.92. The molecule has 2 N–H and O–H groups in total. The fourth-order valence-corrected chi connectivity index (χ4v) is 4.66. The van der Waals surface area contributed by atoms with Gasteiger partial charge in [0.1, 0.15) is 0 Å². The first-order chi connectivity index (χ1) is 18.7. The molecule has 0 bridgehead atoms. The van der Waals surface area contributed by atoms with Gasteiger partial charge in [-0.2, -0.15) is 0 Å². The molecule has 0 aromatic heterocycles. The Balaban J connectivity index is 3.60. The number of aliphatic hydroxyl groups is 1. The van der Waals surface area contributed by atoms with E-state index in [0.717, 1.165) is 38.5 Å². The third kappa shape index (κ3) is 26.3. The van der Waals surface area contributed by atoms with Gasteiger partial charge in [-0.1, -0.05) is 135 Å². The average molecular weight is 538 g/mol. The standard InChI is InChI=1S/C33H63NO4/c1-3-5-7-9-11-13-15-16-17-18-19-20-22-24-26-28-32(36)34-31(30-35)33(37)38-29-27-25-23-21-14-12-10-8-6-4-2/h16-17,31,35H,3-15,18-30H2,1-2H3,(H,34,36)/b17-16+. The Hall–Kier alpha value is -1.36. The highest BCUT2D eigenvalue weighted by molar-refractivity contribution is 5.84. The highest BCUT2D eigenvalue weighted by atomic mass is 16.5. The summed E-state index contributed by atoms with van der Waals surface area (Å²) >= 11 is 0. The van der Waals surface area contributed by atoms with Crippen molar-refractivity contribution in [2.45, 2.75) is 174 Å². The van der Waals surface area contributed by atoms with Gasteiger partial charge < -0.3 is 15.2 Å². The first-order valence-electron chi connectivity index (χ1n) is 16.4. The number of rotatable bonds is 29. The number of unbranched alkanes of at least 4 members (excludes halogenated alkanes) is 20. The maximum Gasteiger partial charge on any atom is 0.331 e. The second kappa shape index (κ2) is 30.2. The van der Waals surface area contributed by atoms with Crippen LogP contribution in [0.3, 0.4) is 0 Å². The zero-order valence-electron chi connectivity index (χ0n) is 25.3. The van der Waals surface area contributed by atoms with Gasteiger partial charge in [-0.15, -0.1) is 0 Å². The molecule has 0 aliphatic carbocycles. The lowest BCUT2D eigenvalue weighted by Gasteiger charge is -2.15. The van der Waals surface area contributed by atoms with Gasteiger partial charge in [0.2, 0.25) is 5.91 Å². The molecule has 5 nitrogen and oxygen atoms in total. The second-order valence-electron chi connectivity index (χ2n) is 11.0. The summed E-state index contributed by atoms with van der Waals surface area (Å²) in [6.07, 6.45) is 33.1. The van der Waals surface area contributed by atoms with Gasteiger partial charge in [0, 0.05) is 6.42 Å². The van der Waals surface area contributed by atoms with E-state index < -0.39 is 18.6 Å². The van der Waals surface area contributed by atoms with Crippen LogP contribution in [0.15, 0.2) is 12.2 Å². The Morgan fingerprint density at radius 2 is 1.05 bits per heavy atom. The number of carbonyl (C=O) groups excluding carboxylic acids is 2. The summed E-state index contributed by atoms with van der Waals surface area (Å²) < 4.78 is 5.28. The van der Waals surface area contributed by atoms with Crippen LogP contribution in [0.25, 0.3) is 0 Å². The predicted octanol–water partition coefficient (Wildman–Crippen LogP) is 8.97. The Labute approximate surface area is 236 Å². The van der Waals surface area contributed by atoms with Gasteiger partial charge >= 0.3 is 5.97 Å². The zero-order chi connectivity index (χ0) is 27.9. The van der Waals surface area contributed by atoms with E-state index in [2.05, 4.69) is 31.3 Å². The summed E-state index contributed by atoms with van der Waals surface area (Å²) in [5.41, 5.74) is 0. The number of hydrogen-bond donors (Lipinski definition) is 2. The number of esters is 1. The first kappa shape index (κ1) is 36.6. The third-order valence-electron chi connectivity index (χ3n) is 7.21. The Morgan fingerprint density at radius 3 is 1.53 bits per heavy atom. The van der Waals surface area contributed by atoms with Crippen LogP contribution in [0.2, 0.25) is 0 Å². The highest BCUT2D eigenvalue weighted by Crippen LogP contribution is 2.12. The number of allylic oxidation sites excluding steroid dienone is 2. The van der Waals surface area contributed by atoms with Crippen LogP contribution < -0.4 is 5.32 Å². The zero-order valence-corrected chi connectivity index (χ0v) is 25.3. The van der Waals surface area contributed by atoms with E-state index >= 15 is 0 Å². The van der Waals surface area contributed by atoms with Gasteiger partial charge in [0.05, 0.1) is 13.2 Å². The van der Waals surface area contributed by atoms with Crippen LogP contribution in [-0.2, 0) is 14.3 Å². The lowest BCUT2D eigenvalue weighted by Crippen LogP contribution is -2.44. The van der Waals surface area contributed by atoms with Crippen LogP contribution in [0, 0.1) is 0 Å². The van der Waals surface area contributed by atoms with E-state index in [1.54, 1.807) is 0 Å². The Bertz CT molecular complexity index is 549. The van der Waals surface area contributed by atoms with Crippen LogP contribution >= 0.6 is 0 Å². The SMILES string of the molecule is CCCCCCCC/C=C/CCCCCCCC(=O)NC(CO)C(=O)OCCCCCCCCCCCC. The van der Waals surface area contributed by atoms with Gasteiger partial charge in [0.15, 0.2) is 6.04 Å². The molecular weight excluding hydrogens is 474 g/mol. The largest absolute Gasteiger partial charge is 0.464 e. The molecule has 0 aliphatic heterocycles. The van der Waals surface area contributed by atoms with Crippen LogP contribution in [0.5, 0.6) is 0 Å². The van der Waals surface area contributed by atoms with E-state index in [-0.39, 0.29) is 5.91 Å². The minimum absolute atomic E-state index is 0.183. The van der Waals surface area contributed by atoms with Gasteiger partial charge in [-0.3, -0.25) is 4.79 Å². The summed E-state index contributed by atoms with van der Waals surface area (Å²) in [6, 6.07) is -0.950. The fraction of sp³-hybridized carbons (Fsp3) is 0.879. The molecule has 0 heterocycles. The van der Waals surface area contributed by atoms with Crippen molar-refractivity contribution in [2.24, 2.45) is 0 Å². The molecule has 0 aromatic carbocycles. The molecule has 0 rings (SSSR count). The van der Waals surface area contributed by atoms with Crippen molar-refractivity contribution in [1.82, 2.24) is 5.32 Å². The molecule has 5 heteroatoms. The normalized spacial score (nSPS) is 12.2. The van der Waals surface area contributed by atoms with Crippen molar-refractivity contribution >= 4 is 11.9 Å². The minimum atomic E-state index is -0.950. The van der Waals surface area contributed by atoms with Crippen molar-refractivity contribution < 1.29 is 19.4 Å². The maximum absolute atomic E-state index is 12.2. The first-order valence-corrected chi connectivity index (χ1v) is 16.4. The number of hydrogen-bond acceptors (Lipinski definition) is 4. The van der Waals surface area contributed by atoms with Crippen LogP contribution in [0.1, 0.15) is 168 Å². The summed E-state index contributed by atoms with van der Waals surface area (Å²) in [5, 5.41) is 12.1. The molecule has 0 saturated heterocycles. The fourth-order valence-electron chi connectivity index (χ4n) is 4.66. The predicted molar refractivity (Wildman–Crippen MR) is 161 cm³/mol. The molecule has 0 saturated carbocycles. The van der Waals surface area contributed by atoms with E-state index in [0.29, 0.717) is 13.0 Å². The highest BCUT2D eigenvalue weighted by Gasteiger charge is 2.21. The molecule has 0 spiro atoms. The Morgan fingerprint density at radius 1 is 0.632 bits per heavy atom. The molecule has 0 aliphatic rings. The van der Waals surface area contributed by atoms with E-state index in [4.69, 9.17) is 4.74 Å². The quantitative estimate of drug-likeness (QED) is 0.0567. The molecular formula is C33H63NO4. The van der Waals surface area contributed by atoms with Gasteiger partial charge in [0.25, 0.3) is 0 Å². The van der Waals surface area contributed by atoms with Crippen molar-refractivity contribution in [2.75, 3.05) is 13.2 Å². The lowest BCUT2D eigenvalue weighted by atomic mass is 10.1. The number of nitrogens with one attached hydrogen (secondary N) is 1. The smallest absolute Gasteiger partial charge is 0.331 e. The van der Waals surface area contributed by atoms with Crippen molar-refractivity contribution in [3.8, 4) is 0 Å². The lowest BCUT2D eigenvalue weighted by molar-refractivity contribution is -0.149. The summed E-state index contributed by atoms with van der Waals surface area (Å²) in [6.45, 7) is 4.43. The van der Waals surface area contributed by atoms with Gasteiger partial charge in [-0.05, 0) is 38.5 Å². The number of ether oxygens (including phenoxy) is 1. The number of aliphatic hydroxyl groups excluding tert-OH is 1. The summed E-state index contributed by atoms with van der Waals surface area (Å²) in [4.78, 5) is 24.4. The molecule has 1 atom stereocenters. The number of amides is 1. The van der Waals surface area contributed by atoms with Crippen molar-refractivity contribution in [3.63, 3.8) is 0 Å². The Kier molecular flexibility index (Phi) is 29.1. The molecule has 1 unspecified atom stereocenters. The number of carbonyl (C=O) groups is 2. The van der Waals surface area contributed by atoms with E-state index in [1.807, 2.05) is 0 Å². The van der Waals surface area contributed by atoms with Crippen LogP contribution in [0.4, 0.5) is 0 Å². The topological polar surface area (TPSA) is 75.6 Å². The molecule has 1 amide bonds. The third-order valence-corrected chi connectivity index (χ3v) is 7.21. The molecule has 38 heavy (non-hydrogen) atoms. The minimum Gasteiger partial charge on any atom is -0.464 e. The second-order valence-corrected chi connectivity index (χ2v) is 11.0. The summed E-state index contributed by atoms with van der Waals surface area (Å²) in [7, 11) is 0. The summed E-state index contributed by atoms with van der Waals surface area (Å²) in [5.74, 6) is -0.709. The molecule has 0 radical (unpaired) electrons. The maximum atomic E-state index is 12.2. The molecule has 0 aromatic rings. The van der Waals surface area contributed by atoms with E-state index in [9.17, 15) is 14.7 Å². The molecule has 224 valence electrons.